The van der Waals surface area contributed by atoms with Gasteiger partial charge in [0.25, 0.3) is 0 Å². The average molecular weight is 300 g/mol. The van der Waals surface area contributed by atoms with Gasteiger partial charge in [0.15, 0.2) is 5.13 Å². The summed E-state index contributed by atoms with van der Waals surface area (Å²) in [7, 11) is 0. The quantitative estimate of drug-likeness (QED) is 0.926. The molecule has 20 heavy (non-hydrogen) atoms. The van der Waals surface area contributed by atoms with Crippen LogP contribution in [0.2, 0.25) is 0 Å². The van der Waals surface area contributed by atoms with E-state index in [4.69, 9.17) is 0 Å². The molecule has 0 bridgehead atoms. The number of aromatic nitrogens is 1. The summed E-state index contributed by atoms with van der Waals surface area (Å²) in [5.41, 5.74) is 0.470. The second kappa shape index (κ2) is 5.62. The first-order valence-electron chi connectivity index (χ1n) is 5.73. The van der Waals surface area contributed by atoms with Crippen LogP contribution >= 0.6 is 11.3 Å². The summed E-state index contributed by atoms with van der Waals surface area (Å²) in [6.45, 7) is 1.47. The number of ketones is 1. The first-order chi connectivity index (χ1) is 9.34. The summed E-state index contributed by atoms with van der Waals surface area (Å²) in [4.78, 5) is 15.1. The number of nitrogens with one attached hydrogen (secondary N) is 1. The van der Waals surface area contributed by atoms with Crippen molar-refractivity contribution >= 4 is 27.9 Å². The number of carbonyl (C=O) groups excluding carboxylic acids is 1. The number of benzene rings is 1. The third kappa shape index (κ3) is 3.80. The number of thiazole rings is 1. The second-order valence-electron chi connectivity index (χ2n) is 4.22. The molecule has 106 valence electrons. The van der Waals surface area contributed by atoms with Gasteiger partial charge in [-0.2, -0.15) is 13.2 Å². The minimum absolute atomic E-state index is 0.0105. The highest BCUT2D eigenvalue weighted by atomic mass is 32.1. The molecule has 2 aromatic rings. The molecule has 0 atom stereocenters. The zero-order valence-corrected chi connectivity index (χ0v) is 11.3. The van der Waals surface area contributed by atoms with Crippen LogP contribution in [-0.4, -0.2) is 10.8 Å². The highest BCUT2D eigenvalue weighted by molar-refractivity contribution is 7.13. The molecule has 0 spiro atoms. The Hall–Kier alpha value is -1.89. The van der Waals surface area contributed by atoms with Crippen molar-refractivity contribution in [2.45, 2.75) is 19.5 Å². The molecule has 0 saturated heterocycles. The Balaban J connectivity index is 2.06. The van der Waals surface area contributed by atoms with Crippen molar-refractivity contribution in [3.63, 3.8) is 0 Å². The second-order valence-corrected chi connectivity index (χ2v) is 5.08. The lowest BCUT2D eigenvalue weighted by Crippen LogP contribution is -2.04. The Morgan fingerprint density at radius 2 is 1.95 bits per heavy atom. The molecule has 0 aliphatic carbocycles. The molecular formula is C13H11F3N2OS. The van der Waals surface area contributed by atoms with Gasteiger partial charge >= 0.3 is 6.18 Å². The monoisotopic (exact) mass is 300 g/mol. The fourth-order valence-corrected chi connectivity index (χ4v) is 2.30. The van der Waals surface area contributed by atoms with Gasteiger partial charge < -0.3 is 5.32 Å². The lowest BCUT2D eigenvalue weighted by atomic mass is 10.2. The Morgan fingerprint density at radius 1 is 1.30 bits per heavy atom. The Morgan fingerprint density at radius 3 is 2.50 bits per heavy atom. The van der Waals surface area contributed by atoms with Crippen LogP contribution in [-0.2, 0) is 17.4 Å². The average Bonchev–Trinajstić information content (AvgIpc) is 2.75. The zero-order valence-electron chi connectivity index (χ0n) is 10.5. The van der Waals surface area contributed by atoms with Crippen molar-refractivity contribution in [1.82, 2.24) is 4.98 Å². The molecule has 0 unspecified atom stereocenters. The lowest BCUT2D eigenvalue weighted by molar-refractivity contribution is -0.137. The highest BCUT2D eigenvalue weighted by Gasteiger charge is 2.29. The van der Waals surface area contributed by atoms with Gasteiger partial charge in [0.05, 0.1) is 11.3 Å². The number of nitrogens with zero attached hydrogens (tertiary/aromatic N) is 1. The van der Waals surface area contributed by atoms with E-state index < -0.39 is 11.7 Å². The van der Waals surface area contributed by atoms with Crippen molar-refractivity contribution in [2.24, 2.45) is 0 Å². The topological polar surface area (TPSA) is 42.0 Å². The van der Waals surface area contributed by atoms with Crippen LogP contribution in [0.15, 0.2) is 29.6 Å². The van der Waals surface area contributed by atoms with E-state index in [1.807, 2.05) is 0 Å². The van der Waals surface area contributed by atoms with Gasteiger partial charge in [-0.25, -0.2) is 4.98 Å². The van der Waals surface area contributed by atoms with Gasteiger partial charge in [0.2, 0.25) is 0 Å². The maximum atomic E-state index is 12.4. The van der Waals surface area contributed by atoms with E-state index in [1.165, 1.54) is 30.4 Å². The fourth-order valence-electron chi connectivity index (χ4n) is 1.57. The minimum atomic E-state index is -4.34. The smallest absolute Gasteiger partial charge is 0.332 e. The number of Topliss-reactive ketones (excluding diaryl/α,β-unsaturated/α-hetero) is 1. The molecule has 2 rings (SSSR count). The van der Waals surface area contributed by atoms with Crippen LogP contribution in [0.3, 0.4) is 0 Å². The summed E-state index contributed by atoms with van der Waals surface area (Å²) >= 11 is 1.30. The van der Waals surface area contributed by atoms with Crippen LogP contribution in [0.4, 0.5) is 24.0 Å². The predicted octanol–water partition coefficient (Wildman–Crippen LogP) is 4.04. The summed E-state index contributed by atoms with van der Waals surface area (Å²) < 4.78 is 37.2. The first-order valence-corrected chi connectivity index (χ1v) is 6.60. The number of anilines is 2. The Labute approximate surface area is 117 Å². The molecule has 1 aromatic heterocycles. The van der Waals surface area contributed by atoms with Crippen molar-refractivity contribution in [1.29, 1.82) is 0 Å². The van der Waals surface area contributed by atoms with E-state index in [-0.39, 0.29) is 12.2 Å². The van der Waals surface area contributed by atoms with Gasteiger partial charge in [-0.1, -0.05) is 0 Å². The van der Waals surface area contributed by atoms with Gasteiger partial charge in [0, 0.05) is 17.5 Å². The summed E-state index contributed by atoms with van der Waals surface area (Å²) in [6.07, 6.45) is -4.08. The molecular weight excluding hydrogens is 289 g/mol. The van der Waals surface area contributed by atoms with Crippen molar-refractivity contribution < 1.29 is 18.0 Å². The molecule has 0 aliphatic heterocycles. The standard InChI is InChI=1S/C13H11F3N2OS/c1-8(19)6-11-7-20-12(18-11)17-10-4-2-9(3-5-10)13(14,15)16/h2-5,7H,6H2,1H3,(H,17,18). The van der Waals surface area contributed by atoms with Crippen LogP contribution < -0.4 is 5.32 Å². The summed E-state index contributed by atoms with van der Waals surface area (Å²) in [5.74, 6) is 0.0105. The first kappa shape index (κ1) is 14.5. The van der Waals surface area contributed by atoms with E-state index in [9.17, 15) is 18.0 Å². The molecule has 3 nitrogen and oxygen atoms in total. The van der Waals surface area contributed by atoms with Gasteiger partial charge in [0.1, 0.15) is 5.78 Å². The lowest BCUT2D eigenvalue weighted by Gasteiger charge is -2.07. The third-order valence-electron chi connectivity index (χ3n) is 2.45. The normalized spacial score (nSPS) is 11.4. The maximum Gasteiger partial charge on any atom is 0.416 e. The SMILES string of the molecule is CC(=O)Cc1csc(Nc2ccc(C(F)(F)F)cc2)n1. The molecule has 0 amide bonds. The Bertz CT molecular complexity index is 605. The number of carbonyl (C=O) groups is 1. The molecule has 7 heteroatoms. The zero-order chi connectivity index (χ0) is 14.8. The van der Waals surface area contributed by atoms with E-state index in [1.54, 1.807) is 5.38 Å². The van der Waals surface area contributed by atoms with Gasteiger partial charge in [-0.15, -0.1) is 11.3 Å². The number of halogens is 3. The Kier molecular flexibility index (Phi) is 4.08. The van der Waals surface area contributed by atoms with Gasteiger partial charge in [-0.05, 0) is 31.2 Å². The third-order valence-corrected chi connectivity index (χ3v) is 3.25. The number of alkyl halides is 3. The van der Waals surface area contributed by atoms with E-state index in [0.717, 1.165) is 12.1 Å². The number of hydrogen-bond donors (Lipinski definition) is 1. The molecule has 1 aromatic carbocycles. The van der Waals surface area contributed by atoms with Crippen molar-refractivity contribution in [3.05, 3.63) is 40.9 Å². The van der Waals surface area contributed by atoms with Crippen LogP contribution in [0.25, 0.3) is 0 Å². The van der Waals surface area contributed by atoms with Gasteiger partial charge in [-0.3, -0.25) is 4.79 Å². The molecule has 0 fully saturated rings. The molecule has 0 radical (unpaired) electrons. The van der Waals surface area contributed by atoms with Crippen molar-refractivity contribution in [3.8, 4) is 0 Å². The van der Waals surface area contributed by atoms with Crippen LogP contribution in [0.1, 0.15) is 18.2 Å². The summed E-state index contributed by atoms with van der Waals surface area (Å²) in [6, 6.07) is 4.70. The molecule has 0 aliphatic rings. The largest absolute Gasteiger partial charge is 0.416 e. The fraction of sp³-hybridized carbons (Fsp3) is 0.231. The molecule has 0 saturated carbocycles. The van der Waals surface area contributed by atoms with Crippen LogP contribution in [0.5, 0.6) is 0 Å². The van der Waals surface area contributed by atoms with E-state index >= 15 is 0 Å². The number of rotatable bonds is 4. The van der Waals surface area contributed by atoms with Crippen LogP contribution in [0, 0.1) is 0 Å². The molecule has 1 N–H and O–H groups in total. The summed E-state index contributed by atoms with van der Waals surface area (Å²) in [5, 5.41) is 5.19. The highest BCUT2D eigenvalue weighted by Crippen LogP contribution is 2.30. The molecule has 1 heterocycles. The van der Waals surface area contributed by atoms with Crippen molar-refractivity contribution in [2.75, 3.05) is 5.32 Å². The van der Waals surface area contributed by atoms with E-state index in [0.29, 0.717) is 16.5 Å². The number of hydrogen-bond acceptors (Lipinski definition) is 4. The minimum Gasteiger partial charge on any atom is -0.332 e. The maximum absolute atomic E-state index is 12.4. The van der Waals surface area contributed by atoms with E-state index in [2.05, 4.69) is 10.3 Å². The predicted molar refractivity (Wildman–Crippen MR) is 71.2 cm³/mol.